The molecule has 2 saturated heterocycles. The van der Waals surface area contributed by atoms with Crippen LogP contribution in [0.25, 0.3) is 33.7 Å². The third-order valence-electron chi connectivity index (χ3n) is 7.95. The molecule has 5 atom stereocenters. The van der Waals surface area contributed by atoms with Crippen LogP contribution in [0.3, 0.4) is 0 Å². The van der Waals surface area contributed by atoms with Crippen molar-refractivity contribution in [3.8, 4) is 28.5 Å². The van der Waals surface area contributed by atoms with E-state index in [0.29, 0.717) is 40.2 Å². The Bertz CT molecular complexity index is 1820. The molecule has 12 nitrogen and oxygen atoms in total. The van der Waals surface area contributed by atoms with Crippen LogP contribution < -0.4 is 9.46 Å². The SMILES string of the molecule is CNS(C)(=O)=Nc1ccc(-c2ccc(-c3nc4c(cc3Cl)nc(O[C@@H]3CO[C@H]5[C@@H]3OC[C@H]5O)n4COCC[Si](C)(C)C)cc2)nc1. The average Bonchev–Trinajstić information content (AvgIpc) is 3.69. The van der Waals surface area contributed by atoms with Gasteiger partial charge < -0.3 is 24.1 Å². The monoisotopic (exact) mass is 686 g/mol. The lowest BCUT2D eigenvalue weighted by atomic mass is 10.1. The molecule has 6 rings (SSSR count). The summed E-state index contributed by atoms with van der Waals surface area (Å²) in [5.74, 6) is 0. The van der Waals surface area contributed by atoms with Crippen LogP contribution in [-0.4, -0.2) is 94.4 Å². The van der Waals surface area contributed by atoms with E-state index in [0.717, 1.165) is 22.9 Å². The van der Waals surface area contributed by atoms with E-state index >= 15 is 0 Å². The molecule has 15 heteroatoms. The van der Waals surface area contributed by atoms with Gasteiger partial charge in [-0.25, -0.2) is 13.9 Å². The number of aliphatic hydroxyl groups is 1. The molecule has 2 fully saturated rings. The first-order valence-electron chi connectivity index (χ1n) is 15.1. The van der Waals surface area contributed by atoms with E-state index in [9.17, 15) is 9.32 Å². The van der Waals surface area contributed by atoms with Crippen molar-refractivity contribution >= 4 is 46.4 Å². The summed E-state index contributed by atoms with van der Waals surface area (Å²) >= 11 is 6.78. The standard InChI is InChI=1S/C31H39ClN6O6SSi/c1-33-45(2,40)37-21-10-11-23(34-15-21)19-6-8-20(9-7-19)27-22(32)14-24-30(36-27)38(18-41-12-13-46(3,4)5)31(35-24)44-26-17-43-28-25(39)16-42-29(26)28/h6-11,14-15,25-26,28-29,39H,12-13,16-18H2,1-5H3,(H,33,37,40)/t25-,26-,28-,29-,45?/m1/s1. The van der Waals surface area contributed by atoms with Crippen molar-refractivity contribution < 1.29 is 28.3 Å². The maximum Gasteiger partial charge on any atom is 0.301 e. The normalized spacial score (nSPS) is 22.6. The Balaban J connectivity index is 1.28. The van der Waals surface area contributed by atoms with E-state index in [1.807, 2.05) is 34.9 Å². The van der Waals surface area contributed by atoms with Crippen molar-refractivity contribution in [1.82, 2.24) is 24.2 Å². The van der Waals surface area contributed by atoms with E-state index in [2.05, 4.69) is 33.7 Å². The minimum atomic E-state index is -2.51. The summed E-state index contributed by atoms with van der Waals surface area (Å²) in [6.07, 6.45) is 1.21. The molecule has 0 bridgehead atoms. The van der Waals surface area contributed by atoms with Gasteiger partial charge in [-0.2, -0.15) is 9.35 Å². The summed E-state index contributed by atoms with van der Waals surface area (Å²) in [7, 11) is -2.20. The first-order chi connectivity index (χ1) is 21.9. The van der Waals surface area contributed by atoms with E-state index in [4.69, 9.17) is 40.5 Å². The van der Waals surface area contributed by atoms with Gasteiger partial charge in [0, 0.05) is 32.1 Å². The van der Waals surface area contributed by atoms with Crippen molar-refractivity contribution in [2.24, 2.45) is 4.36 Å². The highest BCUT2D eigenvalue weighted by Gasteiger charge is 2.49. The van der Waals surface area contributed by atoms with Crippen molar-refractivity contribution in [3.05, 3.63) is 53.7 Å². The van der Waals surface area contributed by atoms with Gasteiger partial charge in [0.25, 0.3) is 0 Å². The highest BCUT2D eigenvalue weighted by Crippen LogP contribution is 2.34. The molecule has 5 heterocycles. The average molecular weight is 687 g/mol. The van der Waals surface area contributed by atoms with Crippen LogP contribution in [0.15, 0.2) is 53.0 Å². The number of halogens is 1. The highest BCUT2D eigenvalue weighted by atomic mass is 35.5. The molecule has 0 aliphatic carbocycles. The van der Waals surface area contributed by atoms with Crippen molar-refractivity contribution in [1.29, 1.82) is 0 Å². The topological polar surface area (TPSA) is 142 Å². The Morgan fingerprint density at radius 2 is 1.85 bits per heavy atom. The number of imidazole rings is 1. The van der Waals surface area contributed by atoms with Gasteiger partial charge in [0.05, 0.1) is 41.5 Å². The summed E-state index contributed by atoms with van der Waals surface area (Å²) in [4.78, 5) is 14.2. The molecule has 0 radical (unpaired) electrons. The number of pyridine rings is 2. The number of benzene rings is 1. The molecule has 0 saturated carbocycles. The molecule has 0 spiro atoms. The number of nitrogens with zero attached hydrogens (tertiary/aromatic N) is 5. The molecule has 1 aromatic carbocycles. The van der Waals surface area contributed by atoms with Gasteiger partial charge in [0.2, 0.25) is 0 Å². The van der Waals surface area contributed by atoms with Gasteiger partial charge >= 0.3 is 6.01 Å². The first-order valence-corrected chi connectivity index (χ1v) is 21.1. The number of fused-ring (bicyclic) bond motifs is 2. The van der Waals surface area contributed by atoms with Crippen LogP contribution in [-0.2, 0) is 30.9 Å². The minimum Gasteiger partial charge on any atom is -0.456 e. The summed E-state index contributed by atoms with van der Waals surface area (Å²) in [5.41, 5.74) is 4.73. The van der Waals surface area contributed by atoms with Crippen molar-refractivity contribution in [2.45, 2.75) is 56.8 Å². The van der Waals surface area contributed by atoms with Crippen molar-refractivity contribution in [2.75, 3.05) is 33.1 Å². The van der Waals surface area contributed by atoms with E-state index in [1.165, 1.54) is 6.26 Å². The second kappa shape index (κ2) is 13.3. The molecule has 0 amide bonds. The van der Waals surface area contributed by atoms with Gasteiger partial charge in [0.15, 0.2) is 11.8 Å². The van der Waals surface area contributed by atoms with Crippen LogP contribution in [0.4, 0.5) is 5.69 Å². The minimum absolute atomic E-state index is 0.198. The molecule has 2 aliphatic heterocycles. The van der Waals surface area contributed by atoms with Crippen LogP contribution in [0, 0.1) is 0 Å². The molecule has 3 aromatic heterocycles. The zero-order valence-electron chi connectivity index (χ0n) is 26.5. The van der Waals surface area contributed by atoms with Gasteiger partial charge in [0.1, 0.15) is 40.5 Å². The third-order valence-corrected chi connectivity index (χ3v) is 11.3. The number of hydrogen-bond donors (Lipinski definition) is 2. The molecule has 2 aliphatic rings. The van der Waals surface area contributed by atoms with E-state index < -0.39 is 36.3 Å². The van der Waals surface area contributed by atoms with Crippen molar-refractivity contribution in [3.63, 3.8) is 0 Å². The fourth-order valence-electron chi connectivity index (χ4n) is 5.28. The Kier molecular flexibility index (Phi) is 9.52. The highest BCUT2D eigenvalue weighted by molar-refractivity contribution is 7.91. The summed E-state index contributed by atoms with van der Waals surface area (Å²) < 4.78 is 45.0. The lowest BCUT2D eigenvalue weighted by molar-refractivity contribution is 0.00336. The number of aliphatic hydroxyl groups excluding tert-OH is 1. The smallest absolute Gasteiger partial charge is 0.301 e. The number of hydrogen-bond acceptors (Lipinski definition) is 10. The number of aromatic nitrogens is 4. The number of nitrogens with one attached hydrogen (secondary N) is 1. The molecule has 1 unspecified atom stereocenters. The fraction of sp³-hybridized carbons (Fsp3) is 0.452. The van der Waals surface area contributed by atoms with Gasteiger partial charge in [-0.05, 0) is 31.3 Å². The Morgan fingerprint density at radius 3 is 2.54 bits per heavy atom. The van der Waals surface area contributed by atoms with Gasteiger partial charge in [-0.3, -0.25) is 9.55 Å². The number of ether oxygens (including phenoxy) is 4. The molecular formula is C31H39ClN6O6SSi. The second-order valence-corrected chi connectivity index (χ2v) is 21.0. The third kappa shape index (κ3) is 7.29. The Labute approximate surface area is 274 Å². The summed E-state index contributed by atoms with van der Waals surface area (Å²) in [6, 6.07) is 14.5. The van der Waals surface area contributed by atoms with Gasteiger partial charge in [-0.1, -0.05) is 55.5 Å². The van der Waals surface area contributed by atoms with Crippen LogP contribution >= 0.6 is 11.6 Å². The molecule has 246 valence electrons. The maximum absolute atomic E-state index is 12.3. The Morgan fingerprint density at radius 1 is 1.11 bits per heavy atom. The van der Waals surface area contributed by atoms with E-state index in [-0.39, 0.29) is 26.0 Å². The molecular weight excluding hydrogens is 648 g/mol. The number of rotatable bonds is 11. The molecule has 4 aromatic rings. The predicted molar refractivity (Wildman–Crippen MR) is 180 cm³/mol. The largest absolute Gasteiger partial charge is 0.456 e. The van der Waals surface area contributed by atoms with Gasteiger partial charge in [-0.15, -0.1) is 0 Å². The van der Waals surface area contributed by atoms with Crippen LogP contribution in [0.2, 0.25) is 30.7 Å². The second-order valence-electron chi connectivity index (χ2n) is 12.7. The first kappa shape index (κ1) is 33.0. The molecule has 46 heavy (non-hydrogen) atoms. The van der Waals surface area contributed by atoms with Crippen LogP contribution in [0.5, 0.6) is 6.01 Å². The summed E-state index contributed by atoms with van der Waals surface area (Å²) in [6.45, 7) is 8.22. The summed E-state index contributed by atoms with van der Waals surface area (Å²) in [5, 5.41) is 10.6. The zero-order valence-corrected chi connectivity index (χ0v) is 29.0. The van der Waals surface area contributed by atoms with Crippen LogP contribution in [0.1, 0.15) is 0 Å². The van der Waals surface area contributed by atoms with E-state index in [1.54, 1.807) is 25.4 Å². The lowest BCUT2D eigenvalue weighted by Crippen LogP contribution is -2.35. The fourth-order valence-corrected chi connectivity index (χ4v) is 6.90. The molecule has 2 N–H and O–H groups in total. The predicted octanol–water partition coefficient (Wildman–Crippen LogP) is 4.90. The maximum atomic E-state index is 12.3. The Hall–Kier alpha value is -2.95. The quantitative estimate of drug-likeness (QED) is 0.167. The lowest BCUT2D eigenvalue weighted by Gasteiger charge is -2.19. The zero-order chi connectivity index (χ0) is 32.6.